The maximum atomic E-state index is 13.1. The second-order valence-corrected chi connectivity index (χ2v) is 32.6. The number of carbonyl (C=O) groups excluding carboxylic acids is 4. The Morgan fingerprint density at radius 2 is 0.696 bits per heavy atom. The molecule has 0 spiro atoms. The third-order valence-electron chi connectivity index (χ3n) is 23.6. The van der Waals surface area contributed by atoms with Crippen molar-refractivity contribution in [2.75, 3.05) is 66.1 Å². The first-order valence-corrected chi connectivity index (χ1v) is 40.6. The minimum atomic E-state index is -2.53. The highest BCUT2D eigenvalue weighted by Gasteiger charge is 2.61. The van der Waals surface area contributed by atoms with Crippen molar-refractivity contribution in [3.63, 3.8) is 0 Å². The van der Waals surface area contributed by atoms with Crippen molar-refractivity contribution in [2.45, 2.75) is 349 Å². The number of aliphatic hydroxyl groups is 26. The predicted molar refractivity (Wildman–Crippen MR) is 388 cm³/mol. The van der Waals surface area contributed by atoms with Crippen molar-refractivity contribution in [2.24, 2.45) is 17.8 Å². The molecule has 0 aromatic heterocycles. The quantitative estimate of drug-likeness (QED) is 0.0210. The van der Waals surface area contributed by atoms with Gasteiger partial charge in [-0.3, -0.25) is 14.8 Å². The second kappa shape index (κ2) is 47.4. The Morgan fingerprint density at radius 1 is 0.352 bits per heavy atom. The van der Waals surface area contributed by atoms with Gasteiger partial charge in [-0.25, -0.2) is 4.89 Å². The van der Waals surface area contributed by atoms with Crippen molar-refractivity contribution >= 4 is 18.0 Å². The van der Waals surface area contributed by atoms with Gasteiger partial charge in [0, 0.05) is 38.5 Å². The smallest absolute Gasteiger partial charge is 0.373 e. The van der Waals surface area contributed by atoms with Gasteiger partial charge in [0.25, 0.3) is 0 Å². The van der Waals surface area contributed by atoms with Crippen LogP contribution < -0.4 is 10.6 Å². The Hall–Kier alpha value is -3.56. The summed E-state index contributed by atoms with van der Waals surface area (Å²) in [6.07, 6.45) is -88.3. The molecule has 0 aliphatic carbocycles. The largest absolute Gasteiger partial charge is 0.394 e. The molecule has 125 heavy (non-hydrogen) atoms. The van der Waals surface area contributed by atoms with Gasteiger partial charge in [-0.15, -0.1) is 0 Å². The minimum Gasteiger partial charge on any atom is -0.394 e. The van der Waals surface area contributed by atoms with Crippen LogP contribution in [-0.4, -0.2) is 517 Å². The monoisotopic (exact) mass is 1830 g/mol. The Morgan fingerprint density at radius 3 is 1.18 bits per heavy atom. The molecule has 2 amide bonds. The summed E-state index contributed by atoms with van der Waals surface area (Å²) in [6.45, 7) is -1.14. The number of carbonyl (C=O) groups is 2. The summed E-state index contributed by atoms with van der Waals surface area (Å²) in [6, 6.07) is -3.07. The lowest BCUT2D eigenvalue weighted by atomic mass is 9.87. The maximum Gasteiger partial charge on any atom is 0.373 e. The Labute approximate surface area is 711 Å². The summed E-state index contributed by atoms with van der Waals surface area (Å²) >= 11 is 0. The lowest BCUT2D eigenvalue weighted by Gasteiger charge is -2.51. The summed E-state index contributed by atoms with van der Waals surface area (Å²) in [5, 5.41) is 305. The van der Waals surface area contributed by atoms with Gasteiger partial charge in [0.15, 0.2) is 56.6 Å². The number of ether oxygens (including phenoxy) is 19. The maximum absolute atomic E-state index is 13.1. The summed E-state index contributed by atoms with van der Waals surface area (Å²) in [5.41, 5.74) is 0. The van der Waals surface area contributed by atoms with E-state index in [-0.39, 0.29) is 19.0 Å². The summed E-state index contributed by atoms with van der Waals surface area (Å²) < 4.78 is 114. The van der Waals surface area contributed by atoms with Crippen LogP contribution in [-0.2, 0) is 114 Å². The van der Waals surface area contributed by atoms with Crippen molar-refractivity contribution in [3.05, 3.63) is 0 Å². The van der Waals surface area contributed by atoms with Gasteiger partial charge < -0.3 is 233 Å². The van der Waals surface area contributed by atoms with Crippen LogP contribution in [0, 0.1) is 17.8 Å². The molecular formula is C72H122N2O51. The number of nitrogens with one attached hydrogen (secondary N) is 2. The molecule has 10 aliphatic heterocycles. The normalized spacial score (nSPS) is 48.4. The third kappa shape index (κ3) is 24.3. The van der Waals surface area contributed by atoms with E-state index >= 15 is 0 Å². The van der Waals surface area contributed by atoms with Crippen LogP contribution in [0.2, 0.25) is 0 Å². The molecular weight excluding hydrogens is 1710 g/mol. The van der Waals surface area contributed by atoms with Crippen molar-refractivity contribution in [1.82, 2.24) is 10.6 Å². The van der Waals surface area contributed by atoms with Gasteiger partial charge >= 0.3 is 6.15 Å². The van der Waals surface area contributed by atoms with Crippen molar-refractivity contribution in [1.29, 1.82) is 0 Å². The zero-order chi connectivity index (χ0) is 92.3. The van der Waals surface area contributed by atoms with E-state index < -0.39 is 390 Å². The topological polar surface area (TPSA) is 823 Å². The predicted octanol–water partition coefficient (Wildman–Crippen LogP) is -17.6. The van der Waals surface area contributed by atoms with Gasteiger partial charge in [0.2, 0.25) is 11.8 Å². The molecule has 0 aromatic rings. The SMILES string of the molecule is CC(=O)NC1[C@H](O[C@@H]2C(CO)O[C@@H](C(C)C)C(NC(C)=O)[C@H]2O)OC(CO)[C@@H](O[C@@H]2OC(CO[C@H]3OC(CO[C@H]4OC(CO)[C@@H](O)[C@H](O)C4O)[C@@H](O)[C@H](O[C@H]4O[C@@H](CO)[C@@H](O)C(O)C4O)C3O)[C@@H](O)[C@H](O[C@H]3OC(CO)[C@@H](O)[C@H](O)C3O[C@@H]3OC(CO)[C@@H](O[C@@H]4OC(CO[C@@H]5C[C@@H](OO)[C@@H](C)C(CC(O)CO)O5)[C@H](O)[C@H](O)C4O)[C@H](O)C3C)C2O)[C@@H]1O.O=C=O. The molecule has 10 saturated heterocycles. The fourth-order valence-corrected chi connectivity index (χ4v) is 16.4. The summed E-state index contributed by atoms with van der Waals surface area (Å²) in [4.78, 5) is 46.5. The number of hydrogen-bond acceptors (Lipinski definition) is 51. The Balaban J connectivity index is 0.00000581. The number of hydrogen-bond donors (Lipinski definition) is 29. The number of aliphatic hydroxyl groups excluding tert-OH is 26. The average Bonchev–Trinajstić information content (AvgIpc) is 0.767. The van der Waals surface area contributed by atoms with E-state index in [1.807, 2.05) is 0 Å². The van der Waals surface area contributed by atoms with E-state index in [0.717, 1.165) is 13.8 Å². The molecule has 0 aromatic carbocycles. The molecule has 0 bridgehead atoms. The van der Waals surface area contributed by atoms with Gasteiger partial charge in [-0.05, 0) is 5.92 Å². The van der Waals surface area contributed by atoms with Gasteiger partial charge in [0.1, 0.15) is 207 Å². The molecule has 53 nitrogen and oxygen atoms in total. The highest BCUT2D eigenvalue weighted by Crippen LogP contribution is 2.42. The van der Waals surface area contributed by atoms with Crippen molar-refractivity contribution < 1.29 is 252 Å². The van der Waals surface area contributed by atoms with E-state index in [1.165, 1.54) is 6.92 Å². The van der Waals surface area contributed by atoms with Crippen LogP contribution in [0.5, 0.6) is 0 Å². The molecule has 29 N–H and O–H groups in total. The Kier molecular flexibility index (Phi) is 39.8. The van der Waals surface area contributed by atoms with E-state index in [4.69, 9.17) is 99.6 Å². The molecule has 10 aliphatic rings. The fraction of sp³-hybridized carbons (Fsp3) is 0.958. The molecule has 0 saturated carbocycles. The first-order valence-electron chi connectivity index (χ1n) is 40.6. The molecule has 50 atom stereocenters. The van der Waals surface area contributed by atoms with Crippen LogP contribution >= 0.6 is 0 Å². The highest BCUT2D eigenvalue weighted by atomic mass is 17.1. The third-order valence-corrected chi connectivity index (χ3v) is 23.6. The molecule has 53 heteroatoms. The summed E-state index contributed by atoms with van der Waals surface area (Å²) in [5.74, 6) is -3.91. The molecule has 20 unspecified atom stereocenters. The van der Waals surface area contributed by atoms with E-state index in [9.17, 15) is 148 Å². The standard InChI is InChI=1S/C71H122N2O49.CO2/c1-19(2)57-37(72-22(5)81)46(91)59(30(13-78)107-57)116-65-38(73-23(6)82)47(92)60(32(15-80)112-65)118-70-56(101)62(45(90)35(115-70)18-105-67-55(100)61(119-68-53(98)49(94)41(86)28(11-76)109-68)44(89)34(113-67)17-104-66-52(97)48(93)40(85)27(10-75)108-66)120-71-63(51(96)42(87)29(12-77)110-71)121-64-21(4)39(84)58(31(14-79)111-64)117-69-54(99)50(95)43(88)33(114-69)16-103-36-8-26(122-102)20(3)25(106-36)7-24(83)9-74;2-1-3/h19-21,24-71,74-80,83-102H,7-18H2,1-6H3,(H,72,81)(H,73,82);/t20-,21?,24?,25?,26+,27?,28-,29?,30?,31?,32?,33?,34?,35?,36-,37?,38?,39+,40+,41+,42+,43-,44+,45+,46+,47+,48-,49?,50-,51-,52?,53?,54?,55?,56?,57-,58+,59+,60+,61-,62-,63?,64-,65-,66-,67-,68+,69-,70-,71+;/m0./s1. The first kappa shape index (κ1) is 105. The van der Waals surface area contributed by atoms with Crippen molar-refractivity contribution in [3.8, 4) is 0 Å². The number of rotatable bonds is 34. The van der Waals surface area contributed by atoms with Crippen LogP contribution in [0.3, 0.4) is 0 Å². The van der Waals surface area contributed by atoms with Crippen LogP contribution in [0.4, 0.5) is 0 Å². The Bertz CT molecular complexity index is 3260. The summed E-state index contributed by atoms with van der Waals surface area (Å²) in [7, 11) is 0. The van der Waals surface area contributed by atoms with Gasteiger partial charge in [-0.2, -0.15) is 9.59 Å². The second-order valence-electron chi connectivity index (χ2n) is 32.6. The lowest BCUT2D eigenvalue weighted by molar-refractivity contribution is -0.400. The molecule has 10 fully saturated rings. The van der Waals surface area contributed by atoms with Crippen LogP contribution in [0.25, 0.3) is 0 Å². The van der Waals surface area contributed by atoms with E-state index in [1.54, 1.807) is 20.8 Å². The number of amides is 2. The fourth-order valence-electron chi connectivity index (χ4n) is 16.4. The first-order chi connectivity index (χ1) is 59.2. The molecule has 10 heterocycles. The van der Waals surface area contributed by atoms with Gasteiger partial charge in [-0.1, -0.05) is 27.7 Å². The zero-order valence-electron chi connectivity index (χ0n) is 68.3. The lowest BCUT2D eigenvalue weighted by Crippen LogP contribution is -2.70. The van der Waals surface area contributed by atoms with Crippen LogP contribution in [0.1, 0.15) is 54.4 Å². The molecule has 10 rings (SSSR count). The van der Waals surface area contributed by atoms with E-state index in [2.05, 4.69) is 15.5 Å². The molecule has 726 valence electrons. The molecule has 0 radical (unpaired) electrons. The zero-order valence-corrected chi connectivity index (χ0v) is 68.3. The van der Waals surface area contributed by atoms with Crippen LogP contribution in [0.15, 0.2) is 0 Å². The highest BCUT2D eigenvalue weighted by molar-refractivity contribution is 5.73. The average molecular weight is 1830 g/mol. The minimum absolute atomic E-state index is 0.116. The van der Waals surface area contributed by atoms with E-state index in [0.29, 0.717) is 0 Å². The van der Waals surface area contributed by atoms with Gasteiger partial charge in [0.05, 0.1) is 96.5 Å².